The molecule has 0 radical (unpaired) electrons. The van der Waals surface area contributed by atoms with E-state index in [0.29, 0.717) is 0 Å². The average Bonchev–Trinajstić information content (AvgIpc) is 2.65. The number of halogens is 2. The van der Waals surface area contributed by atoms with Gasteiger partial charge in [-0.2, -0.15) is 0 Å². The van der Waals surface area contributed by atoms with Crippen LogP contribution >= 0.6 is 27.3 Å². The number of thiophene rings is 1. The molecular weight excluding hydrogens is 313 g/mol. The molecule has 2 rings (SSSR count). The number of hydrogen-bond donors (Lipinski definition) is 1. The maximum absolute atomic E-state index is 13.4. The summed E-state index contributed by atoms with van der Waals surface area (Å²) in [5, 5.41) is 3.42. The summed E-state index contributed by atoms with van der Waals surface area (Å²) < 4.78 is 14.5. The van der Waals surface area contributed by atoms with Crippen LogP contribution in [0.2, 0.25) is 0 Å². The van der Waals surface area contributed by atoms with Gasteiger partial charge in [0, 0.05) is 4.88 Å². The Bertz CT molecular complexity index is 538. The average molecular weight is 328 g/mol. The van der Waals surface area contributed by atoms with Crippen molar-refractivity contribution in [3.63, 3.8) is 0 Å². The fourth-order valence-electron chi connectivity index (χ4n) is 2.04. The Balaban J connectivity index is 2.42. The van der Waals surface area contributed by atoms with Crippen molar-refractivity contribution in [1.82, 2.24) is 5.32 Å². The number of rotatable bonds is 4. The Morgan fingerprint density at radius 2 is 2.17 bits per heavy atom. The minimum Gasteiger partial charge on any atom is -0.306 e. The lowest BCUT2D eigenvalue weighted by molar-refractivity contribution is 0.603. The van der Waals surface area contributed by atoms with Crippen LogP contribution in [-0.4, -0.2) is 6.54 Å². The Kier molecular flexibility index (Phi) is 4.54. The van der Waals surface area contributed by atoms with Gasteiger partial charge < -0.3 is 5.32 Å². The molecule has 1 aromatic heterocycles. The molecule has 18 heavy (non-hydrogen) atoms. The zero-order chi connectivity index (χ0) is 13.1. The molecule has 1 unspecified atom stereocenters. The number of nitrogens with one attached hydrogen (secondary N) is 1. The third-order valence-corrected chi connectivity index (χ3v) is 4.40. The van der Waals surface area contributed by atoms with Gasteiger partial charge in [0.05, 0.1) is 9.83 Å². The molecule has 96 valence electrons. The van der Waals surface area contributed by atoms with Gasteiger partial charge in [0.2, 0.25) is 0 Å². The second-order valence-electron chi connectivity index (χ2n) is 4.11. The van der Waals surface area contributed by atoms with Gasteiger partial charge in [-0.25, -0.2) is 4.39 Å². The van der Waals surface area contributed by atoms with Gasteiger partial charge in [-0.05, 0) is 58.7 Å². The van der Waals surface area contributed by atoms with E-state index in [0.717, 1.165) is 15.9 Å². The van der Waals surface area contributed by atoms with Crippen LogP contribution in [-0.2, 0) is 0 Å². The summed E-state index contributed by atoms with van der Waals surface area (Å²) in [6.45, 7) is 4.99. The molecule has 0 fully saturated rings. The largest absolute Gasteiger partial charge is 0.306 e. The lowest BCUT2D eigenvalue weighted by Crippen LogP contribution is -2.22. The minimum absolute atomic E-state index is 0.0493. The molecule has 1 atom stereocenters. The number of aryl methyl sites for hydroxylation is 1. The van der Waals surface area contributed by atoms with Crippen LogP contribution in [0.1, 0.15) is 29.0 Å². The first kappa shape index (κ1) is 13.7. The zero-order valence-electron chi connectivity index (χ0n) is 10.3. The van der Waals surface area contributed by atoms with Crippen molar-refractivity contribution in [3.8, 4) is 0 Å². The van der Waals surface area contributed by atoms with Gasteiger partial charge >= 0.3 is 0 Å². The van der Waals surface area contributed by atoms with Crippen LogP contribution in [0.5, 0.6) is 0 Å². The Hall–Kier alpha value is -0.710. The van der Waals surface area contributed by atoms with Crippen molar-refractivity contribution in [2.24, 2.45) is 0 Å². The van der Waals surface area contributed by atoms with Gasteiger partial charge in [-0.3, -0.25) is 0 Å². The first-order valence-corrected chi connectivity index (χ1v) is 7.47. The van der Waals surface area contributed by atoms with Crippen LogP contribution < -0.4 is 5.32 Å². The second-order valence-corrected chi connectivity index (χ2v) is 6.74. The van der Waals surface area contributed by atoms with E-state index in [1.165, 1.54) is 16.5 Å². The topological polar surface area (TPSA) is 12.0 Å². The summed E-state index contributed by atoms with van der Waals surface area (Å²) in [5.74, 6) is -0.192. The van der Waals surface area contributed by atoms with Crippen molar-refractivity contribution in [2.75, 3.05) is 6.54 Å². The summed E-state index contributed by atoms with van der Waals surface area (Å²) in [6, 6.07) is 8.94. The molecule has 1 aromatic carbocycles. The Morgan fingerprint density at radius 1 is 1.39 bits per heavy atom. The SMILES string of the molecule is CCNC(c1cccc(F)c1)c1cc(Br)sc1C. The summed E-state index contributed by atoms with van der Waals surface area (Å²) in [4.78, 5) is 1.25. The minimum atomic E-state index is -0.192. The molecule has 0 spiro atoms. The highest BCUT2D eigenvalue weighted by Gasteiger charge is 2.17. The summed E-state index contributed by atoms with van der Waals surface area (Å²) in [7, 11) is 0. The van der Waals surface area contributed by atoms with Gasteiger partial charge in [-0.1, -0.05) is 19.1 Å². The molecule has 4 heteroatoms. The molecule has 2 aromatic rings. The zero-order valence-corrected chi connectivity index (χ0v) is 12.7. The summed E-state index contributed by atoms with van der Waals surface area (Å²) in [5.41, 5.74) is 2.17. The molecule has 1 nitrogen and oxygen atoms in total. The molecule has 1 N–H and O–H groups in total. The first-order valence-electron chi connectivity index (χ1n) is 5.86. The lowest BCUT2D eigenvalue weighted by Gasteiger charge is -2.18. The third kappa shape index (κ3) is 2.99. The monoisotopic (exact) mass is 327 g/mol. The van der Waals surface area contributed by atoms with Crippen molar-refractivity contribution >= 4 is 27.3 Å². The van der Waals surface area contributed by atoms with Gasteiger partial charge in [0.15, 0.2) is 0 Å². The van der Waals surface area contributed by atoms with Gasteiger partial charge in [0.25, 0.3) is 0 Å². The van der Waals surface area contributed by atoms with E-state index in [9.17, 15) is 4.39 Å². The highest BCUT2D eigenvalue weighted by Crippen LogP contribution is 2.33. The molecule has 0 aliphatic carbocycles. The molecule has 0 saturated heterocycles. The smallest absolute Gasteiger partial charge is 0.123 e. The predicted octanol–water partition coefficient (Wildman–Crippen LogP) is 4.66. The predicted molar refractivity (Wildman–Crippen MR) is 78.7 cm³/mol. The van der Waals surface area contributed by atoms with Crippen LogP contribution in [0.4, 0.5) is 4.39 Å². The number of hydrogen-bond acceptors (Lipinski definition) is 2. The maximum Gasteiger partial charge on any atom is 0.123 e. The van der Waals surface area contributed by atoms with E-state index in [2.05, 4.69) is 41.2 Å². The second kappa shape index (κ2) is 5.95. The summed E-state index contributed by atoms with van der Waals surface area (Å²) >= 11 is 5.21. The Morgan fingerprint density at radius 3 is 2.72 bits per heavy atom. The van der Waals surface area contributed by atoms with Crippen molar-refractivity contribution in [3.05, 3.63) is 55.9 Å². The highest BCUT2D eigenvalue weighted by atomic mass is 79.9. The van der Waals surface area contributed by atoms with Gasteiger partial charge in [0.1, 0.15) is 5.82 Å². The lowest BCUT2D eigenvalue weighted by atomic mass is 9.99. The number of benzene rings is 1. The highest BCUT2D eigenvalue weighted by molar-refractivity contribution is 9.11. The Labute approximate surface area is 119 Å². The quantitative estimate of drug-likeness (QED) is 0.861. The van der Waals surface area contributed by atoms with Crippen molar-refractivity contribution < 1.29 is 4.39 Å². The molecule has 0 aliphatic rings. The molecule has 0 saturated carbocycles. The van der Waals surface area contributed by atoms with E-state index in [-0.39, 0.29) is 11.9 Å². The van der Waals surface area contributed by atoms with Crippen LogP contribution in [0.15, 0.2) is 34.1 Å². The molecule has 0 amide bonds. The van der Waals surface area contributed by atoms with E-state index in [4.69, 9.17) is 0 Å². The van der Waals surface area contributed by atoms with Crippen molar-refractivity contribution in [1.29, 1.82) is 0 Å². The van der Waals surface area contributed by atoms with Crippen molar-refractivity contribution in [2.45, 2.75) is 19.9 Å². The van der Waals surface area contributed by atoms with Crippen LogP contribution in [0, 0.1) is 12.7 Å². The normalized spacial score (nSPS) is 12.7. The maximum atomic E-state index is 13.4. The van der Waals surface area contributed by atoms with Crippen LogP contribution in [0.3, 0.4) is 0 Å². The van der Waals surface area contributed by atoms with E-state index in [1.54, 1.807) is 23.5 Å². The standard InChI is InChI=1S/C14H15BrFNS/c1-3-17-14(10-5-4-6-11(16)7-10)12-8-13(15)18-9(12)2/h4-8,14,17H,3H2,1-2H3. The molecule has 1 heterocycles. The van der Waals surface area contributed by atoms with Crippen LogP contribution in [0.25, 0.3) is 0 Å². The fourth-order valence-corrected chi connectivity index (χ4v) is 3.79. The molecule has 0 bridgehead atoms. The first-order chi connectivity index (χ1) is 8.61. The molecular formula is C14H15BrFNS. The van der Waals surface area contributed by atoms with E-state index >= 15 is 0 Å². The fraction of sp³-hybridized carbons (Fsp3) is 0.286. The summed E-state index contributed by atoms with van der Waals surface area (Å²) in [6.07, 6.45) is 0. The van der Waals surface area contributed by atoms with Gasteiger partial charge in [-0.15, -0.1) is 11.3 Å². The van der Waals surface area contributed by atoms with E-state index < -0.39 is 0 Å². The van der Waals surface area contributed by atoms with E-state index in [1.807, 2.05) is 6.07 Å². The third-order valence-electron chi connectivity index (χ3n) is 2.83. The molecule has 0 aliphatic heterocycles.